The van der Waals surface area contributed by atoms with E-state index in [1.54, 1.807) is 50.5 Å². The summed E-state index contributed by atoms with van der Waals surface area (Å²) in [4.78, 5) is 29.0. The summed E-state index contributed by atoms with van der Waals surface area (Å²) in [6.07, 6.45) is 7.09. The molecule has 0 saturated carbocycles. The molecule has 1 aromatic heterocycles. The van der Waals surface area contributed by atoms with Crippen LogP contribution in [0, 0.1) is 0 Å². The molecule has 1 aliphatic rings. The minimum Gasteiger partial charge on any atom is -0.478 e. The molecular weight excluding hydrogens is 402 g/mol. The zero-order valence-electron chi connectivity index (χ0n) is 16.6. The maximum absolute atomic E-state index is 13.1. The van der Waals surface area contributed by atoms with E-state index in [1.807, 2.05) is 24.3 Å². The lowest BCUT2D eigenvalue weighted by atomic mass is 9.80. The molecule has 0 aliphatic carbocycles. The van der Waals surface area contributed by atoms with Gasteiger partial charge in [0.05, 0.1) is 11.5 Å². The number of aromatic nitrogens is 1. The fourth-order valence-corrected chi connectivity index (χ4v) is 3.71. The van der Waals surface area contributed by atoms with Crippen LogP contribution in [0.2, 0.25) is 5.02 Å². The first-order valence-corrected chi connectivity index (χ1v) is 9.78. The minimum absolute atomic E-state index is 0.125. The lowest BCUT2D eigenvalue weighted by molar-refractivity contribution is -0.133. The Bertz CT molecular complexity index is 1060. The predicted molar refractivity (Wildman–Crippen MR) is 117 cm³/mol. The molecule has 1 amide bonds. The lowest BCUT2D eigenvalue weighted by Gasteiger charge is -2.30. The maximum atomic E-state index is 13.1. The average Bonchev–Trinajstić information content (AvgIpc) is 2.71. The first-order chi connectivity index (χ1) is 14.4. The number of amides is 1. The highest BCUT2D eigenvalue weighted by atomic mass is 35.5. The third-order valence-corrected chi connectivity index (χ3v) is 5.05. The Morgan fingerprint density at radius 3 is 2.53 bits per heavy atom. The van der Waals surface area contributed by atoms with Crippen molar-refractivity contribution >= 4 is 29.6 Å². The Hall–Kier alpha value is -3.38. The second-order valence-corrected chi connectivity index (χ2v) is 7.32. The van der Waals surface area contributed by atoms with Crippen molar-refractivity contribution in [2.24, 2.45) is 0 Å². The minimum atomic E-state index is -1.08. The van der Waals surface area contributed by atoms with Crippen molar-refractivity contribution in [1.29, 1.82) is 0 Å². The van der Waals surface area contributed by atoms with Crippen LogP contribution in [-0.4, -0.2) is 28.5 Å². The van der Waals surface area contributed by atoms with Crippen LogP contribution in [0.1, 0.15) is 30.9 Å². The normalized spacial score (nSPS) is 16.6. The molecular formula is C23H22ClN3O3. The van der Waals surface area contributed by atoms with Gasteiger partial charge >= 0.3 is 5.97 Å². The van der Waals surface area contributed by atoms with Crippen LogP contribution in [0.25, 0.3) is 6.08 Å². The monoisotopic (exact) mass is 423 g/mol. The standard InChI is InChI=1S/C23H22ClN3O3/c1-14-19(22(28)26-10-4-5-16-8-11-25-12-9-16)21(17-6-3-7-18(24)13-17)20(23(29)30)15(2)27-14/h3-9,11-13,21,27H,10H2,1-2H3,(H,26,28)(H,29,30). The van der Waals surface area contributed by atoms with Crippen molar-refractivity contribution in [2.75, 3.05) is 6.54 Å². The quantitative estimate of drug-likeness (QED) is 0.655. The smallest absolute Gasteiger partial charge is 0.334 e. The molecule has 1 unspecified atom stereocenters. The number of hydrogen-bond acceptors (Lipinski definition) is 4. The van der Waals surface area contributed by atoms with Gasteiger partial charge in [-0.05, 0) is 49.2 Å². The zero-order valence-corrected chi connectivity index (χ0v) is 17.4. The van der Waals surface area contributed by atoms with E-state index >= 15 is 0 Å². The Balaban J connectivity index is 1.88. The van der Waals surface area contributed by atoms with Crippen molar-refractivity contribution in [3.63, 3.8) is 0 Å². The van der Waals surface area contributed by atoms with Gasteiger partial charge in [0.1, 0.15) is 0 Å². The number of carbonyl (C=O) groups excluding carboxylic acids is 1. The number of aliphatic carboxylic acids is 1. The number of dihydropyridines is 1. The van der Waals surface area contributed by atoms with Gasteiger partial charge in [0, 0.05) is 40.9 Å². The number of nitrogens with zero attached hydrogens (tertiary/aromatic N) is 1. The molecule has 0 radical (unpaired) electrons. The summed E-state index contributed by atoms with van der Waals surface area (Å²) in [5.74, 6) is -2.15. The van der Waals surface area contributed by atoms with Gasteiger partial charge in [-0.25, -0.2) is 4.79 Å². The van der Waals surface area contributed by atoms with Gasteiger partial charge < -0.3 is 15.7 Å². The molecule has 154 valence electrons. The average molecular weight is 424 g/mol. The molecule has 2 aromatic rings. The van der Waals surface area contributed by atoms with E-state index in [-0.39, 0.29) is 11.5 Å². The van der Waals surface area contributed by atoms with Crippen molar-refractivity contribution in [1.82, 2.24) is 15.6 Å². The Kier molecular flexibility index (Phi) is 6.69. The molecule has 0 fully saturated rings. The molecule has 1 aliphatic heterocycles. The summed E-state index contributed by atoms with van der Waals surface area (Å²) in [6, 6.07) is 10.6. The number of benzene rings is 1. The van der Waals surface area contributed by atoms with E-state index in [0.29, 0.717) is 34.1 Å². The number of carbonyl (C=O) groups is 2. The summed E-state index contributed by atoms with van der Waals surface area (Å²) in [5.41, 5.74) is 3.21. The van der Waals surface area contributed by atoms with Gasteiger partial charge in [-0.3, -0.25) is 9.78 Å². The number of carboxylic acids is 1. The van der Waals surface area contributed by atoms with Gasteiger partial charge in [-0.2, -0.15) is 0 Å². The number of hydrogen-bond donors (Lipinski definition) is 3. The summed E-state index contributed by atoms with van der Waals surface area (Å²) in [6.45, 7) is 3.75. The largest absolute Gasteiger partial charge is 0.478 e. The van der Waals surface area contributed by atoms with Crippen LogP contribution in [0.4, 0.5) is 0 Å². The molecule has 0 spiro atoms. The van der Waals surface area contributed by atoms with Gasteiger partial charge in [-0.1, -0.05) is 35.9 Å². The SMILES string of the molecule is CC1=C(C(=O)O)C(c2cccc(Cl)c2)C(C(=O)NCC=Cc2ccncc2)=C(C)N1. The fraction of sp³-hybridized carbons (Fsp3) is 0.174. The van der Waals surface area contributed by atoms with Crippen molar-refractivity contribution < 1.29 is 14.7 Å². The first-order valence-electron chi connectivity index (χ1n) is 9.40. The molecule has 30 heavy (non-hydrogen) atoms. The number of rotatable bonds is 6. The van der Waals surface area contributed by atoms with E-state index in [9.17, 15) is 14.7 Å². The molecule has 3 rings (SSSR count). The molecule has 2 heterocycles. The van der Waals surface area contributed by atoms with Crippen molar-refractivity contribution in [2.45, 2.75) is 19.8 Å². The number of carboxylic acid groups (broad SMARTS) is 1. The number of nitrogens with one attached hydrogen (secondary N) is 2. The van der Waals surface area contributed by atoms with Crippen molar-refractivity contribution in [3.8, 4) is 0 Å². The first kappa shape index (κ1) is 21.3. The third-order valence-electron chi connectivity index (χ3n) is 4.81. The Labute approximate surface area is 180 Å². The Morgan fingerprint density at radius 2 is 1.87 bits per heavy atom. The highest BCUT2D eigenvalue weighted by Crippen LogP contribution is 2.38. The van der Waals surface area contributed by atoms with Crippen LogP contribution in [0.3, 0.4) is 0 Å². The second-order valence-electron chi connectivity index (χ2n) is 6.89. The van der Waals surface area contributed by atoms with E-state index in [2.05, 4.69) is 15.6 Å². The van der Waals surface area contributed by atoms with Crippen LogP contribution in [0.15, 0.2) is 77.4 Å². The van der Waals surface area contributed by atoms with Gasteiger partial charge in [0.25, 0.3) is 0 Å². The zero-order chi connectivity index (χ0) is 21.7. The molecule has 1 atom stereocenters. The van der Waals surface area contributed by atoms with E-state index in [1.165, 1.54) is 0 Å². The highest BCUT2D eigenvalue weighted by molar-refractivity contribution is 6.30. The van der Waals surface area contributed by atoms with Gasteiger partial charge in [-0.15, -0.1) is 0 Å². The Morgan fingerprint density at radius 1 is 1.17 bits per heavy atom. The second kappa shape index (κ2) is 9.41. The fourth-order valence-electron chi connectivity index (χ4n) is 3.51. The number of pyridine rings is 1. The summed E-state index contributed by atoms with van der Waals surface area (Å²) < 4.78 is 0. The molecule has 1 aromatic carbocycles. The van der Waals surface area contributed by atoms with E-state index < -0.39 is 11.9 Å². The topological polar surface area (TPSA) is 91.3 Å². The molecule has 0 bridgehead atoms. The summed E-state index contributed by atoms with van der Waals surface area (Å²) in [5, 5.41) is 16.2. The summed E-state index contributed by atoms with van der Waals surface area (Å²) in [7, 11) is 0. The van der Waals surface area contributed by atoms with Gasteiger partial charge in [0.15, 0.2) is 0 Å². The van der Waals surface area contributed by atoms with Crippen LogP contribution < -0.4 is 10.6 Å². The van der Waals surface area contributed by atoms with E-state index in [4.69, 9.17) is 11.6 Å². The maximum Gasteiger partial charge on any atom is 0.334 e. The van der Waals surface area contributed by atoms with Crippen LogP contribution >= 0.6 is 11.6 Å². The molecule has 0 saturated heterocycles. The van der Waals surface area contributed by atoms with E-state index in [0.717, 1.165) is 5.56 Å². The van der Waals surface area contributed by atoms with Crippen molar-refractivity contribution in [3.05, 3.63) is 93.6 Å². The number of allylic oxidation sites excluding steroid dienone is 2. The summed E-state index contributed by atoms with van der Waals surface area (Å²) >= 11 is 6.14. The lowest BCUT2D eigenvalue weighted by Crippen LogP contribution is -2.36. The molecule has 6 nitrogen and oxygen atoms in total. The number of halogens is 1. The van der Waals surface area contributed by atoms with Gasteiger partial charge in [0.2, 0.25) is 5.91 Å². The predicted octanol–water partition coefficient (Wildman–Crippen LogP) is 3.88. The van der Waals surface area contributed by atoms with Crippen LogP contribution in [0.5, 0.6) is 0 Å². The highest BCUT2D eigenvalue weighted by Gasteiger charge is 2.36. The molecule has 3 N–H and O–H groups in total. The van der Waals surface area contributed by atoms with Crippen LogP contribution in [-0.2, 0) is 9.59 Å². The molecule has 7 heteroatoms. The third kappa shape index (κ3) is 4.78.